The molecular weight excluding hydrogens is 296 g/mol. The van der Waals surface area contributed by atoms with Gasteiger partial charge in [-0.3, -0.25) is 14.5 Å². The third-order valence-corrected chi connectivity index (χ3v) is 4.70. The van der Waals surface area contributed by atoms with E-state index in [1.165, 1.54) is 4.90 Å². The SMILES string of the molecule is O=C(CN1CCOCC1)N1CC(F)(F)CC2(CCNC2=O)C1. The highest BCUT2D eigenvalue weighted by molar-refractivity contribution is 5.87. The van der Waals surface area contributed by atoms with E-state index in [0.29, 0.717) is 39.3 Å². The lowest BCUT2D eigenvalue weighted by Gasteiger charge is -2.43. The number of carbonyl (C=O) groups excluding carboxylic acids is 2. The summed E-state index contributed by atoms with van der Waals surface area (Å²) in [5, 5.41) is 2.62. The van der Waals surface area contributed by atoms with Crippen LogP contribution in [-0.4, -0.2) is 80.0 Å². The summed E-state index contributed by atoms with van der Waals surface area (Å²) in [6.07, 6.45) is -0.101. The Morgan fingerprint density at radius 3 is 2.64 bits per heavy atom. The third kappa shape index (κ3) is 3.08. The van der Waals surface area contributed by atoms with Crippen molar-refractivity contribution >= 4 is 11.8 Å². The number of piperidine rings is 1. The maximum absolute atomic E-state index is 14.1. The fourth-order valence-electron chi connectivity index (χ4n) is 3.57. The number of amides is 2. The van der Waals surface area contributed by atoms with Crippen molar-refractivity contribution in [1.82, 2.24) is 15.1 Å². The molecule has 1 unspecified atom stereocenters. The van der Waals surface area contributed by atoms with Crippen LogP contribution in [0, 0.1) is 5.41 Å². The van der Waals surface area contributed by atoms with Crippen molar-refractivity contribution < 1.29 is 23.1 Å². The first-order valence-electron chi connectivity index (χ1n) is 7.64. The maximum atomic E-state index is 14.1. The molecule has 3 saturated heterocycles. The highest BCUT2D eigenvalue weighted by atomic mass is 19.3. The van der Waals surface area contributed by atoms with E-state index in [1.807, 2.05) is 4.90 Å². The second-order valence-corrected chi connectivity index (χ2v) is 6.46. The molecule has 0 saturated carbocycles. The Labute approximate surface area is 127 Å². The zero-order chi connectivity index (χ0) is 15.8. The van der Waals surface area contributed by atoms with Crippen molar-refractivity contribution in [2.75, 3.05) is 52.5 Å². The number of halogens is 2. The summed E-state index contributed by atoms with van der Waals surface area (Å²) < 4.78 is 33.3. The molecule has 6 nitrogen and oxygen atoms in total. The van der Waals surface area contributed by atoms with Crippen molar-refractivity contribution in [3.63, 3.8) is 0 Å². The van der Waals surface area contributed by atoms with Crippen LogP contribution in [0.1, 0.15) is 12.8 Å². The van der Waals surface area contributed by atoms with Crippen LogP contribution < -0.4 is 5.32 Å². The Morgan fingerprint density at radius 1 is 1.27 bits per heavy atom. The van der Waals surface area contributed by atoms with E-state index in [0.717, 1.165) is 0 Å². The van der Waals surface area contributed by atoms with E-state index in [1.54, 1.807) is 0 Å². The average molecular weight is 317 g/mol. The van der Waals surface area contributed by atoms with Crippen molar-refractivity contribution in [1.29, 1.82) is 0 Å². The maximum Gasteiger partial charge on any atom is 0.266 e. The van der Waals surface area contributed by atoms with Crippen LogP contribution in [0.25, 0.3) is 0 Å². The molecule has 2 amide bonds. The van der Waals surface area contributed by atoms with Gasteiger partial charge in [0.15, 0.2) is 0 Å². The lowest BCUT2D eigenvalue weighted by molar-refractivity contribution is -0.161. The molecule has 0 aromatic rings. The predicted molar refractivity (Wildman–Crippen MR) is 73.5 cm³/mol. The Bertz CT molecular complexity index is 468. The zero-order valence-electron chi connectivity index (χ0n) is 12.4. The smallest absolute Gasteiger partial charge is 0.266 e. The largest absolute Gasteiger partial charge is 0.379 e. The number of hydrogen-bond donors (Lipinski definition) is 1. The molecule has 124 valence electrons. The molecule has 1 atom stereocenters. The summed E-state index contributed by atoms with van der Waals surface area (Å²) in [6, 6.07) is 0. The number of likely N-dealkylation sites (tertiary alicyclic amines) is 1. The highest BCUT2D eigenvalue weighted by Crippen LogP contribution is 2.43. The summed E-state index contributed by atoms with van der Waals surface area (Å²) in [5.41, 5.74) is -1.12. The molecule has 1 spiro atoms. The Balaban J connectivity index is 1.69. The molecule has 8 heteroatoms. The Hall–Kier alpha value is -1.28. The first-order valence-corrected chi connectivity index (χ1v) is 7.64. The van der Waals surface area contributed by atoms with Crippen LogP contribution >= 0.6 is 0 Å². The molecule has 3 aliphatic rings. The van der Waals surface area contributed by atoms with Crippen LogP contribution in [0.15, 0.2) is 0 Å². The monoisotopic (exact) mass is 317 g/mol. The van der Waals surface area contributed by atoms with Gasteiger partial charge in [0.1, 0.15) is 0 Å². The minimum Gasteiger partial charge on any atom is -0.379 e. The molecular formula is C14H21F2N3O3. The molecule has 1 N–H and O–H groups in total. The van der Waals surface area contributed by atoms with Crippen LogP contribution in [0.5, 0.6) is 0 Å². The first kappa shape index (κ1) is 15.6. The number of hydrogen-bond acceptors (Lipinski definition) is 4. The van der Waals surface area contributed by atoms with Gasteiger partial charge in [0.25, 0.3) is 5.92 Å². The highest BCUT2D eigenvalue weighted by Gasteiger charge is 2.55. The van der Waals surface area contributed by atoms with Gasteiger partial charge >= 0.3 is 0 Å². The number of nitrogens with one attached hydrogen (secondary N) is 1. The lowest BCUT2D eigenvalue weighted by Crippen LogP contribution is -2.58. The number of nitrogens with zero attached hydrogens (tertiary/aromatic N) is 2. The van der Waals surface area contributed by atoms with E-state index in [4.69, 9.17) is 4.74 Å². The van der Waals surface area contributed by atoms with Gasteiger partial charge < -0.3 is 15.0 Å². The van der Waals surface area contributed by atoms with E-state index >= 15 is 0 Å². The fourth-order valence-corrected chi connectivity index (χ4v) is 3.57. The molecule has 3 aliphatic heterocycles. The minimum absolute atomic E-state index is 0.0948. The quantitative estimate of drug-likeness (QED) is 0.759. The van der Waals surface area contributed by atoms with Crippen LogP contribution in [0.3, 0.4) is 0 Å². The van der Waals surface area contributed by atoms with Crippen molar-refractivity contribution in [2.24, 2.45) is 5.41 Å². The number of alkyl halides is 2. The molecule has 0 aliphatic carbocycles. The van der Waals surface area contributed by atoms with Gasteiger partial charge in [0.2, 0.25) is 11.8 Å². The van der Waals surface area contributed by atoms with Crippen LogP contribution in [0.2, 0.25) is 0 Å². The van der Waals surface area contributed by atoms with E-state index in [9.17, 15) is 18.4 Å². The zero-order valence-corrected chi connectivity index (χ0v) is 12.4. The summed E-state index contributed by atoms with van der Waals surface area (Å²) in [6.45, 7) is 2.37. The molecule has 0 bridgehead atoms. The molecule has 22 heavy (non-hydrogen) atoms. The van der Waals surface area contributed by atoms with Gasteiger partial charge in [0, 0.05) is 32.6 Å². The van der Waals surface area contributed by atoms with Gasteiger partial charge in [-0.2, -0.15) is 0 Å². The molecule has 0 aromatic heterocycles. The predicted octanol–water partition coefficient (Wildman–Crippen LogP) is -0.307. The summed E-state index contributed by atoms with van der Waals surface area (Å²) in [5.74, 6) is -3.70. The van der Waals surface area contributed by atoms with E-state index in [-0.39, 0.29) is 24.9 Å². The normalized spacial score (nSPS) is 32.3. The van der Waals surface area contributed by atoms with E-state index < -0.39 is 24.3 Å². The van der Waals surface area contributed by atoms with Gasteiger partial charge in [0.05, 0.1) is 31.7 Å². The second-order valence-electron chi connectivity index (χ2n) is 6.46. The standard InChI is InChI=1S/C14H21F2N3O3/c15-14(16)8-13(1-2-17-12(13)21)9-19(10-14)11(20)7-18-3-5-22-6-4-18/h1-10H2,(H,17,21). The number of rotatable bonds is 2. The van der Waals surface area contributed by atoms with Gasteiger partial charge in [-0.25, -0.2) is 8.78 Å². The lowest BCUT2D eigenvalue weighted by atomic mass is 9.77. The van der Waals surface area contributed by atoms with Crippen molar-refractivity contribution in [3.8, 4) is 0 Å². The number of ether oxygens (including phenoxy) is 1. The molecule has 3 fully saturated rings. The second kappa shape index (κ2) is 5.73. The Kier molecular flexibility index (Phi) is 4.07. The van der Waals surface area contributed by atoms with Crippen molar-refractivity contribution in [3.05, 3.63) is 0 Å². The molecule has 3 rings (SSSR count). The molecule has 3 heterocycles. The minimum atomic E-state index is -3.01. The van der Waals surface area contributed by atoms with Crippen molar-refractivity contribution in [2.45, 2.75) is 18.8 Å². The average Bonchev–Trinajstić information content (AvgIpc) is 2.78. The number of morpholine rings is 1. The Morgan fingerprint density at radius 2 is 2.00 bits per heavy atom. The number of carbonyl (C=O) groups is 2. The van der Waals surface area contributed by atoms with Gasteiger partial charge in [-0.05, 0) is 6.42 Å². The van der Waals surface area contributed by atoms with Crippen LogP contribution in [0.4, 0.5) is 8.78 Å². The van der Waals surface area contributed by atoms with Gasteiger partial charge in [-0.1, -0.05) is 0 Å². The first-order chi connectivity index (χ1) is 10.4. The third-order valence-electron chi connectivity index (χ3n) is 4.70. The van der Waals surface area contributed by atoms with Gasteiger partial charge in [-0.15, -0.1) is 0 Å². The van der Waals surface area contributed by atoms with Crippen LogP contribution in [-0.2, 0) is 14.3 Å². The summed E-state index contributed by atoms with van der Waals surface area (Å²) >= 11 is 0. The molecule has 0 radical (unpaired) electrons. The summed E-state index contributed by atoms with van der Waals surface area (Å²) in [4.78, 5) is 27.4. The fraction of sp³-hybridized carbons (Fsp3) is 0.857. The topological polar surface area (TPSA) is 61.9 Å². The van der Waals surface area contributed by atoms with E-state index in [2.05, 4.69) is 5.32 Å². The molecule has 0 aromatic carbocycles. The summed E-state index contributed by atoms with van der Waals surface area (Å²) in [7, 11) is 0.